The highest BCUT2D eigenvalue weighted by Crippen LogP contribution is 2.29. The fourth-order valence-electron chi connectivity index (χ4n) is 4.12. The van der Waals surface area contributed by atoms with Crippen LogP contribution in [0.5, 0.6) is 0 Å². The summed E-state index contributed by atoms with van der Waals surface area (Å²) in [5.41, 5.74) is 1.40. The average Bonchev–Trinajstić information content (AvgIpc) is 3.34. The monoisotopic (exact) mass is 506 g/mol. The predicted octanol–water partition coefficient (Wildman–Crippen LogP) is 3.44. The van der Waals surface area contributed by atoms with Crippen molar-refractivity contribution in [2.75, 3.05) is 23.8 Å². The fourth-order valence-corrected chi connectivity index (χ4v) is 4.39. The van der Waals surface area contributed by atoms with Gasteiger partial charge in [0.2, 0.25) is 0 Å². The lowest BCUT2D eigenvalue weighted by atomic mass is 10.0. The Morgan fingerprint density at radius 1 is 1.14 bits per heavy atom. The number of anilines is 2. The summed E-state index contributed by atoms with van der Waals surface area (Å²) in [6.07, 6.45) is 5.91. The molecule has 1 saturated heterocycles. The van der Waals surface area contributed by atoms with Gasteiger partial charge in [-0.25, -0.2) is 15.0 Å². The number of hydrogen-bond donors (Lipinski definition) is 4. The molecule has 0 saturated carbocycles. The lowest BCUT2D eigenvalue weighted by Crippen LogP contribution is -2.36. The Bertz CT molecular complexity index is 1400. The Hall–Kier alpha value is -3.86. The molecule has 5 rings (SSSR count). The smallest absolute Gasteiger partial charge is 0.256 e. The minimum absolute atomic E-state index is 0.00864. The van der Waals surface area contributed by atoms with Gasteiger partial charge in [-0.05, 0) is 43.2 Å². The number of nitrogens with one attached hydrogen (secondary N) is 3. The van der Waals surface area contributed by atoms with Crippen LogP contribution in [-0.4, -0.2) is 62.1 Å². The van der Waals surface area contributed by atoms with E-state index < -0.39 is 0 Å². The highest BCUT2D eigenvalue weighted by molar-refractivity contribution is 6.36. The molecule has 184 valence electrons. The number of aromatic nitrogens is 4. The van der Waals surface area contributed by atoms with Gasteiger partial charge < -0.3 is 25.5 Å². The first-order chi connectivity index (χ1) is 17.5. The Balaban J connectivity index is 1.38. The third-order valence-corrected chi connectivity index (χ3v) is 6.32. The number of halogens is 1. The van der Waals surface area contributed by atoms with E-state index in [0.717, 1.165) is 12.8 Å². The van der Waals surface area contributed by atoms with Gasteiger partial charge in [0.1, 0.15) is 23.6 Å². The molecule has 0 radical (unpaired) electrons. The summed E-state index contributed by atoms with van der Waals surface area (Å²) in [6, 6.07) is 9.68. The number of carbonyl (C=O) groups is 2. The van der Waals surface area contributed by atoms with E-state index in [4.69, 9.17) is 16.3 Å². The van der Waals surface area contributed by atoms with Gasteiger partial charge in [0.15, 0.2) is 5.78 Å². The summed E-state index contributed by atoms with van der Waals surface area (Å²) in [4.78, 5) is 41.8. The van der Waals surface area contributed by atoms with E-state index in [1.54, 1.807) is 36.7 Å². The highest BCUT2D eigenvalue weighted by atomic mass is 35.5. The minimum Gasteiger partial charge on any atom is -0.394 e. The third kappa shape index (κ3) is 4.92. The van der Waals surface area contributed by atoms with Gasteiger partial charge in [0.25, 0.3) is 5.91 Å². The number of amides is 1. The number of pyridine rings is 1. The lowest BCUT2D eigenvalue weighted by molar-refractivity contribution is -0.0224. The number of fused-ring (bicyclic) bond motifs is 1. The summed E-state index contributed by atoms with van der Waals surface area (Å²) in [6.45, 7) is 0.406. The number of aliphatic hydroxyl groups excluding tert-OH is 1. The molecule has 4 aromatic rings. The Morgan fingerprint density at radius 2 is 2.03 bits per heavy atom. The molecule has 1 amide bonds. The number of hydrogen-bond acceptors (Lipinski definition) is 8. The number of carbonyl (C=O) groups excluding carboxylic acids is 2. The van der Waals surface area contributed by atoms with Gasteiger partial charge in [-0.3, -0.25) is 9.59 Å². The van der Waals surface area contributed by atoms with Crippen molar-refractivity contribution >= 4 is 46.0 Å². The summed E-state index contributed by atoms with van der Waals surface area (Å²) < 4.78 is 5.65. The first kappa shape index (κ1) is 23.9. The van der Waals surface area contributed by atoms with Crippen LogP contribution in [0.4, 0.5) is 11.6 Å². The first-order valence-corrected chi connectivity index (χ1v) is 11.8. The third-order valence-electron chi connectivity index (χ3n) is 6.01. The van der Waals surface area contributed by atoms with Crippen LogP contribution in [0.25, 0.3) is 11.0 Å². The lowest BCUT2D eigenvalue weighted by Gasteiger charge is -2.29. The van der Waals surface area contributed by atoms with Crippen LogP contribution in [0, 0.1) is 0 Å². The van der Waals surface area contributed by atoms with Crippen molar-refractivity contribution in [1.29, 1.82) is 0 Å². The van der Waals surface area contributed by atoms with Gasteiger partial charge in [-0.1, -0.05) is 17.7 Å². The molecule has 4 heterocycles. The fraction of sp³-hybridized carbons (Fsp3) is 0.240. The van der Waals surface area contributed by atoms with Crippen molar-refractivity contribution < 1.29 is 19.4 Å². The van der Waals surface area contributed by atoms with Gasteiger partial charge in [0, 0.05) is 23.5 Å². The van der Waals surface area contributed by atoms with Crippen LogP contribution in [-0.2, 0) is 4.74 Å². The molecule has 10 nitrogen and oxygen atoms in total. The maximum atomic E-state index is 13.5. The standard InChI is InChI=1S/C25H23ClN6O4/c26-19-9-14(25(35)32-20-3-1-2-8-27-20)4-7-17(19)22(34)18-10-28-23-21(18)24(30-13-29-23)31-15-5-6-16(11-33)36-12-15/h1-4,7-10,13,15-16,33H,5-6,11-12H2,(H,27,32,35)(H2,28,29,30,31)/t15-,16-/m0/s1. The SMILES string of the molecule is O=C(Nc1ccccn1)c1ccc(C(=O)c2c[nH]c3ncnc(N[C@H]4CC[C@@H](CO)OC4)c23)c(Cl)c1. The molecule has 1 aromatic carbocycles. The zero-order valence-corrected chi connectivity index (χ0v) is 19.8. The Morgan fingerprint density at radius 3 is 2.75 bits per heavy atom. The maximum Gasteiger partial charge on any atom is 0.256 e. The summed E-state index contributed by atoms with van der Waals surface area (Å²) in [7, 11) is 0. The van der Waals surface area contributed by atoms with E-state index in [2.05, 4.69) is 30.6 Å². The van der Waals surface area contributed by atoms with Crippen LogP contribution >= 0.6 is 11.6 Å². The Labute approximate surface area is 211 Å². The number of rotatable bonds is 7. The molecule has 1 fully saturated rings. The Kier molecular flexibility index (Phi) is 6.90. The minimum atomic E-state index is -0.389. The van der Waals surface area contributed by atoms with E-state index in [9.17, 15) is 14.7 Å². The molecule has 4 N–H and O–H groups in total. The van der Waals surface area contributed by atoms with Crippen LogP contribution in [0.2, 0.25) is 5.02 Å². The van der Waals surface area contributed by atoms with Crippen molar-refractivity contribution in [3.63, 3.8) is 0 Å². The molecule has 3 aromatic heterocycles. The highest BCUT2D eigenvalue weighted by Gasteiger charge is 2.25. The largest absolute Gasteiger partial charge is 0.394 e. The number of ether oxygens (including phenoxy) is 1. The second-order valence-corrected chi connectivity index (χ2v) is 8.80. The number of aromatic amines is 1. The van der Waals surface area contributed by atoms with Crippen LogP contribution in [0.15, 0.2) is 55.1 Å². The molecular weight excluding hydrogens is 484 g/mol. The van der Waals surface area contributed by atoms with Gasteiger partial charge in [0.05, 0.1) is 41.3 Å². The second kappa shape index (κ2) is 10.4. The normalized spacial score (nSPS) is 17.6. The van der Waals surface area contributed by atoms with E-state index in [1.807, 2.05) is 0 Å². The number of benzene rings is 1. The average molecular weight is 507 g/mol. The van der Waals surface area contributed by atoms with Crippen LogP contribution in [0.1, 0.15) is 39.1 Å². The zero-order valence-electron chi connectivity index (χ0n) is 19.1. The molecule has 1 aliphatic rings. The summed E-state index contributed by atoms with van der Waals surface area (Å²) in [5, 5.41) is 16.0. The van der Waals surface area contributed by atoms with Gasteiger partial charge in [-0.15, -0.1) is 0 Å². The molecule has 0 spiro atoms. The maximum absolute atomic E-state index is 13.5. The molecule has 0 aliphatic carbocycles. The van der Waals surface area contributed by atoms with Crippen molar-refractivity contribution in [2.24, 2.45) is 0 Å². The summed E-state index contributed by atoms with van der Waals surface area (Å²) >= 11 is 6.45. The van der Waals surface area contributed by atoms with E-state index in [1.165, 1.54) is 18.5 Å². The zero-order chi connectivity index (χ0) is 25.1. The molecule has 36 heavy (non-hydrogen) atoms. The topological polar surface area (TPSA) is 142 Å². The number of ketones is 1. The number of H-pyrrole nitrogens is 1. The van der Waals surface area contributed by atoms with Crippen molar-refractivity contribution in [2.45, 2.75) is 25.0 Å². The van der Waals surface area contributed by atoms with Gasteiger partial charge in [-0.2, -0.15) is 0 Å². The number of aliphatic hydroxyl groups is 1. The van der Waals surface area contributed by atoms with Crippen LogP contribution < -0.4 is 10.6 Å². The molecule has 1 aliphatic heterocycles. The molecule has 11 heteroatoms. The van der Waals surface area contributed by atoms with Crippen LogP contribution in [0.3, 0.4) is 0 Å². The molecule has 0 bridgehead atoms. The van der Waals surface area contributed by atoms with Crippen molar-refractivity contribution in [3.05, 3.63) is 76.8 Å². The van der Waals surface area contributed by atoms with E-state index >= 15 is 0 Å². The molecule has 0 unspecified atom stereocenters. The van der Waals surface area contributed by atoms with E-state index in [0.29, 0.717) is 40.4 Å². The van der Waals surface area contributed by atoms with E-state index in [-0.39, 0.29) is 41.0 Å². The predicted molar refractivity (Wildman–Crippen MR) is 134 cm³/mol. The second-order valence-electron chi connectivity index (χ2n) is 8.40. The molecular formula is C25H23ClN6O4. The van der Waals surface area contributed by atoms with Gasteiger partial charge >= 0.3 is 0 Å². The summed E-state index contributed by atoms with van der Waals surface area (Å²) in [5.74, 6) is 0.191. The van der Waals surface area contributed by atoms with Crippen molar-refractivity contribution in [1.82, 2.24) is 19.9 Å². The van der Waals surface area contributed by atoms with Crippen molar-refractivity contribution in [3.8, 4) is 0 Å². The first-order valence-electron chi connectivity index (χ1n) is 11.4. The quantitative estimate of drug-likeness (QED) is 0.279. The number of nitrogens with zero attached hydrogens (tertiary/aromatic N) is 3. The molecule has 2 atom stereocenters.